The molecule has 2 nitrogen and oxygen atoms in total. The minimum Gasteiger partial charge on any atom is -0.353 e. The van der Waals surface area contributed by atoms with E-state index in [2.05, 4.69) is 27.7 Å². The van der Waals surface area contributed by atoms with Crippen molar-refractivity contribution >= 4 is 7.85 Å². The van der Waals surface area contributed by atoms with Crippen molar-refractivity contribution in [3.63, 3.8) is 0 Å². The molecule has 0 amide bonds. The molecule has 1 rings (SSSR count). The largest absolute Gasteiger partial charge is 0.353 e. The van der Waals surface area contributed by atoms with Crippen LogP contribution in [0.3, 0.4) is 0 Å². The van der Waals surface area contributed by atoms with Crippen molar-refractivity contribution in [1.82, 2.24) is 0 Å². The predicted molar refractivity (Wildman–Crippen MR) is 42.7 cm³/mol. The summed E-state index contributed by atoms with van der Waals surface area (Å²) >= 11 is 0. The van der Waals surface area contributed by atoms with Gasteiger partial charge in [0.25, 0.3) is 0 Å². The van der Waals surface area contributed by atoms with Crippen LogP contribution in [0.1, 0.15) is 27.7 Å². The van der Waals surface area contributed by atoms with Gasteiger partial charge in [-0.05, 0) is 27.7 Å². The Balaban J connectivity index is 2.78. The van der Waals surface area contributed by atoms with E-state index in [1.54, 1.807) is 0 Å². The van der Waals surface area contributed by atoms with E-state index in [4.69, 9.17) is 9.47 Å². The Morgan fingerprint density at radius 1 is 1.00 bits per heavy atom. The van der Waals surface area contributed by atoms with Crippen LogP contribution in [-0.2, 0) is 9.47 Å². The van der Waals surface area contributed by atoms with E-state index in [1.165, 1.54) is 0 Å². The smallest absolute Gasteiger partial charge is 0.174 e. The zero-order valence-corrected chi connectivity index (χ0v) is 7.39. The first-order valence-electron chi connectivity index (χ1n) is 3.71. The van der Waals surface area contributed by atoms with Gasteiger partial charge in [0, 0.05) is 0 Å². The zero-order valence-electron chi connectivity index (χ0n) is 7.39. The van der Waals surface area contributed by atoms with E-state index in [0.717, 1.165) is 0 Å². The minimum atomic E-state index is -0.160. The van der Waals surface area contributed by atoms with Crippen molar-refractivity contribution < 1.29 is 9.47 Å². The van der Waals surface area contributed by atoms with Gasteiger partial charge in [0.05, 0.1) is 11.2 Å². The summed E-state index contributed by atoms with van der Waals surface area (Å²) in [6.45, 7) is 8.21. The Hall–Kier alpha value is -0.0151. The molecule has 0 aromatic rings. The van der Waals surface area contributed by atoms with Crippen LogP contribution in [0.4, 0.5) is 0 Å². The lowest BCUT2D eigenvalue weighted by Crippen LogP contribution is -2.41. The predicted octanol–water partition coefficient (Wildman–Crippen LogP) is 0.507. The minimum absolute atomic E-state index is 0.0648. The van der Waals surface area contributed by atoms with Crippen LogP contribution in [0.2, 0.25) is 0 Å². The van der Waals surface area contributed by atoms with Crippen LogP contribution in [-0.4, -0.2) is 25.2 Å². The van der Waals surface area contributed by atoms with Crippen LogP contribution in [0.25, 0.3) is 0 Å². The Morgan fingerprint density at radius 3 is 1.40 bits per heavy atom. The Labute approximate surface area is 63.3 Å². The van der Waals surface area contributed by atoms with Gasteiger partial charge in [-0.15, -0.1) is 0 Å². The fourth-order valence-corrected chi connectivity index (χ4v) is 1.14. The molecule has 1 saturated heterocycles. The standard InChI is InChI=1S/C7H15BO2/c1-6(2)7(3,4)10-5(8)9-6/h5H,8H2,1-4H3. The highest BCUT2D eigenvalue weighted by atomic mass is 16.7. The molecule has 0 spiro atoms. The zero-order chi connectivity index (χ0) is 7.99. The molecule has 0 aromatic carbocycles. The first-order valence-corrected chi connectivity index (χ1v) is 3.71. The third kappa shape index (κ3) is 1.08. The van der Waals surface area contributed by atoms with Crippen molar-refractivity contribution in [1.29, 1.82) is 0 Å². The lowest BCUT2D eigenvalue weighted by Gasteiger charge is -2.30. The molecular formula is C7H15BO2. The van der Waals surface area contributed by atoms with Crippen LogP contribution >= 0.6 is 0 Å². The van der Waals surface area contributed by atoms with Gasteiger partial charge in [0.15, 0.2) is 7.85 Å². The summed E-state index contributed by atoms with van der Waals surface area (Å²) in [6, 6.07) is 0. The maximum atomic E-state index is 5.54. The van der Waals surface area contributed by atoms with Gasteiger partial charge >= 0.3 is 0 Å². The highest BCUT2D eigenvalue weighted by Crippen LogP contribution is 2.36. The van der Waals surface area contributed by atoms with Gasteiger partial charge in [-0.3, -0.25) is 0 Å². The first-order chi connectivity index (χ1) is 4.35. The Morgan fingerprint density at radius 2 is 1.30 bits per heavy atom. The molecule has 0 aromatic heterocycles. The fraction of sp³-hybridized carbons (Fsp3) is 1.00. The maximum absolute atomic E-state index is 5.54. The van der Waals surface area contributed by atoms with E-state index in [-0.39, 0.29) is 17.4 Å². The van der Waals surface area contributed by atoms with E-state index >= 15 is 0 Å². The summed E-state index contributed by atoms with van der Waals surface area (Å²) in [7, 11) is 1.93. The first kappa shape index (κ1) is 8.09. The number of hydrogen-bond acceptors (Lipinski definition) is 2. The fourth-order valence-electron chi connectivity index (χ4n) is 1.14. The van der Waals surface area contributed by atoms with E-state index in [1.807, 2.05) is 7.85 Å². The molecule has 1 heterocycles. The number of ether oxygens (including phenoxy) is 2. The van der Waals surface area contributed by atoms with Crippen molar-refractivity contribution in [2.24, 2.45) is 0 Å². The second-order valence-electron chi connectivity index (χ2n) is 3.82. The van der Waals surface area contributed by atoms with Gasteiger partial charge in [0.1, 0.15) is 6.19 Å². The van der Waals surface area contributed by atoms with E-state index in [0.29, 0.717) is 0 Å². The van der Waals surface area contributed by atoms with Crippen molar-refractivity contribution in [3.05, 3.63) is 0 Å². The average molecular weight is 142 g/mol. The second-order valence-corrected chi connectivity index (χ2v) is 3.82. The molecule has 0 bridgehead atoms. The Bertz CT molecular complexity index is 127. The third-order valence-electron chi connectivity index (χ3n) is 2.37. The molecule has 0 radical (unpaired) electrons. The molecule has 1 aliphatic heterocycles. The molecule has 10 heavy (non-hydrogen) atoms. The molecule has 3 heteroatoms. The van der Waals surface area contributed by atoms with Crippen LogP contribution in [0.5, 0.6) is 0 Å². The molecule has 0 N–H and O–H groups in total. The highest BCUT2D eigenvalue weighted by molar-refractivity contribution is 6.10. The molecule has 0 atom stereocenters. The van der Waals surface area contributed by atoms with Gasteiger partial charge < -0.3 is 9.47 Å². The average Bonchev–Trinajstić information content (AvgIpc) is 1.73. The number of rotatable bonds is 0. The molecule has 1 fully saturated rings. The lowest BCUT2D eigenvalue weighted by molar-refractivity contribution is -0.0249. The monoisotopic (exact) mass is 142 g/mol. The van der Waals surface area contributed by atoms with Crippen LogP contribution in [0, 0.1) is 0 Å². The quantitative estimate of drug-likeness (QED) is 0.458. The summed E-state index contributed by atoms with van der Waals surface area (Å²) in [5.41, 5.74) is -0.321. The second kappa shape index (κ2) is 1.99. The molecule has 1 aliphatic rings. The third-order valence-corrected chi connectivity index (χ3v) is 2.37. The van der Waals surface area contributed by atoms with Crippen molar-refractivity contribution in [3.8, 4) is 0 Å². The molecular weight excluding hydrogens is 127 g/mol. The van der Waals surface area contributed by atoms with Crippen LogP contribution < -0.4 is 0 Å². The summed E-state index contributed by atoms with van der Waals surface area (Å²) in [5.74, 6) is 0. The topological polar surface area (TPSA) is 18.5 Å². The SMILES string of the molecule is BC1OC(C)(C)C(C)(C)O1. The van der Waals surface area contributed by atoms with Gasteiger partial charge in [-0.2, -0.15) is 0 Å². The van der Waals surface area contributed by atoms with Gasteiger partial charge in [-0.25, -0.2) is 0 Å². The van der Waals surface area contributed by atoms with E-state index in [9.17, 15) is 0 Å². The van der Waals surface area contributed by atoms with Crippen molar-refractivity contribution in [2.45, 2.75) is 45.1 Å². The molecule has 0 saturated carbocycles. The molecule has 0 aliphatic carbocycles. The summed E-state index contributed by atoms with van der Waals surface area (Å²) < 4.78 is 11.1. The summed E-state index contributed by atoms with van der Waals surface area (Å²) in [4.78, 5) is 0. The molecule has 58 valence electrons. The van der Waals surface area contributed by atoms with E-state index < -0.39 is 0 Å². The van der Waals surface area contributed by atoms with Crippen molar-refractivity contribution in [2.75, 3.05) is 0 Å². The summed E-state index contributed by atoms with van der Waals surface area (Å²) in [6.07, 6.45) is -0.0648. The number of hydrogen-bond donors (Lipinski definition) is 0. The Kier molecular flexibility index (Phi) is 1.61. The maximum Gasteiger partial charge on any atom is 0.174 e. The van der Waals surface area contributed by atoms with Crippen LogP contribution in [0.15, 0.2) is 0 Å². The normalized spacial score (nSPS) is 30.8. The van der Waals surface area contributed by atoms with Gasteiger partial charge in [-0.1, -0.05) is 0 Å². The highest BCUT2D eigenvalue weighted by Gasteiger charge is 2.47. The molecule has 0 unspecified atom stereocenters. The van der Waals surface area contributed by atoms with Gasteiger partial charge in [0.2, 0.25) is 0 Å². The summed E-state index contributed by atoms with van der Waals surface area (Å²) in [5, 5.41) is 0. The lowest BCUT2D eigenvalue weighted by atomic mass is 9.90.